The second-order valence-corrected chi connectivity index (χ2v) is 26.8. The second kappa shape index (κ2) is 36.9. The zero-order valence-electron chi connectivity index (χ0n) is 58.6. The fraction of sp³-hybridized carbons (Fsp3) is 0.785. The average Bonchev–Trinajstić information content (AvgIpc) is 3.05. The van der Waals surface area contributed by atoms with Crippen molar-refractivity contribution in [3.05, 3.63) is 12.2 Å². The number of hydrogen-bond donors (Lipinski definition) is 4. The Kier molecular flexibility index (Phi) is 33.3. The number of ether oxygens (including phenoxy) is 1. The molecular weight excluding hydrogens is 1140 g/mol. The maximum Gasteiger partial charge on any atom is 0.303 e. The number of carbonyl (C=O) groups excluding carboxylic acids is 12. The van der Waals surface area contributed by atoms with Gasteiger partial charge >= 0.3 is 5.97 Å². The van der Waals surface area contributed by atoms with Crippen LogP contribution in [-0.4, -0.2) is 228 Å². The fourth-order valence-electron chi connectivity index (χ4n) is 11.1. The van der Waals surface area contributed by atoms with Crippen LogP contribution in [-0.2, 0) is 62.3 Å². The van der Waals surface area contributed by atoms with Gasteiger partial charge < -0.3 is 60.3 Å². The Bertz CT molecular complexity index is 2470. The molecule has 508 valence electrons. The molecule has 0 aromatic rings. The summed E-state index contributed by atoms with van der Waals surface area (Å²) in [7, 11) is 9.92. The zero-order valence-corrected chi connectivity index (χ0v) is 58.6. The van der Waals surface area contributed by atoms with Crippen LogP contribution in [0.15, 0.2) is 12.2 Å². The number of carbonyl (C=O) groups is 12. The van der Waals surface area contributed by atoms with E-state index in [1.807, 2.05) is 61.5 Å². The van der Waals surface area contributed by atoms with E-state index in [0.29, 0.717) is 12.8 Å². The van der Waals surface area contributed by atoms with Crippen LogP contribution >= 0.6 is 0 Å². The first-order chi connectivity index (χ1) is 41.1. The van der Waals surface area contributed by atoms with E-state index in [0.717, 1.165) is 9.80 Å². The van der Waals surface area contributed by atoms with Crippen molar-refractivity contribution in [1.82, 2.24) is 55.6 Å². The van der Waals surface area contributed by atoms with Crippen LogP contribution in [0.3, 0.4) is 0 Å². The molecule has 13 atom stereocenters. The molecule has 1 fully saturated rings. The van der Waals surface area contributed by atoms with Crippen LogP contribution in [0.25, 0.3) is 0 Å². The van der Waals surface area contributed by atoms with E-state index in [-0.39, 0.29) is 55.8 Å². The Morgan fingerprint density at radius 3 is 1.42 bits per heavy atom. The Labute approximate surface area is 532 Å². The number of likely N-dealkylation sites (N-methyl/N-ethyl adjacent to an activating group) is 7. The van der Waals surface area contributed by atoms with Gasteiger partial charge in [-0.1, -0.05) is 116 Å². The molecule has 24 nitrogen and oxygen atoms in total. The molecular formula is C65H115N11O13. The van der Waals surface area contributed by atoms with Crippen molar-refractivity contribution in [3.63, 3.8) is 0 Å². The van der Waals surface area contributed by atoms with Crippen LogP contribution in [0.1, 0.15) is 170 Å². The number of nitrogens with zero attached hydrogens (tertiary/aromatic N) is 7. The van der Waals surface area contributed by atoms with Crippen LogP contribution in [0.2, 0.25) is 0 Å². The molecule has 0 aliphatic carbocycles. The minimum atomic E-state index is -1.61. The quantitative estimate of drug-likeness (QED) is 0.117. The number of rotatable bonds is 17. The molecule has 0 radical (unpaired) electrons. The molecule has 1 aliphatic heterocycles. The summed E-state index contributed by atoms with van der Waals surface area (Å²) in [6, 6.07) is -12.5. The summed E-state index contributed by atoms with van der Waals surface area (Å²) in [4.78, 5) is 183. The van der Waals surface area contributed by atoms with E-state index in [4.69, 9.17) is 4.74 Å². The summed E-state index contributed by atoms with van der Waals surface area (Å²) in [5.41, 5.74) is 0. The van der Waals surface area contributed by atoms with Crippen LogP contribution in [0.5, 0.6) is 0 Å². The maximum atomic E-state index is 15.4. The largest absolute Gasteiger partial charge is 0.459 e. The highest BCUT2D eigenvalue weighted by Crippen LogP contribution is 2.27. The van der Waals surface area contributed by atoms with E-state index in [2.05, 4.69) is 21.3 Å². The predicted octanol–water partition coefficient (Wildman–Crippen LogP) is 4.23. The molecule has 1 saturated heterocycles. The molecule has 0 bridgehead atoms. The number of esters is 1. The van der Waals surface area contributed by atoms with E-state index in [9.17, 15) is 38.4 Å². The molecule has 89 heavy (non-hydrogen) atoms. The molecule has 1 rings (SSSR count). The van der Waals surface area contributed by atoms with Crippen molar-refractivity contribution in [2.75, 3.05) is 55.9 Å². The molecule has 0 aromatic carbocycles. The first-order valence-electron chi connectivity index (χ1n) is 32.0. The van der Waals surface area contributed by atoms with E-state index in [1.54, 1.807) is 54.5 Å². The van der Waals surface area contributed by atoms with Gasteiger partial charge in [-0.25, -0.2) is 0 Å². The molecule has 1 aliphatic rings. The normalized spacial score (nSPS) is 26.4. The lowest BCUT2D eigenvalue weighted by molar-refractivity contribution is -0.164. The van der Waals surface area contributed by atoms with Gasteiger partial charge in [-0.15, -0.1) is 0 Å². The monoisotopic (exact) mass is 1260 g/mol. The maximum absolute atomic E-state index is 15.4. The van der Waals surface area contributed by atoms with Gasteiger partial charge in [0.25, 0.3) is 0 Å². The van der Waals surface area contributed by atoms with Crippen molar-refractivity contribution >= 4 is 70.9 Å². The van der Waals surface area contributed by atoms with E-state index < -0.39 is 162 Å². The first-order valence-corrected chi connectivity index (χ1v) is 32.0. The standard InChI is InChI=1S/C65H115N11O13/c1-26-29-30-42(15)55(89-45(18)77)54-59(82)68-46(28-3)61(84)70(19)35-51(78)71(20)48(34-41(14)27-2)58(81)69-52(39(10)11)64(87)72(21)47(31-36(4)5)57(80)66-43(16)56(79)67-44(17)60(83)73(22)49(32-37(6)7)62(85)74(23)50(33-38(8)9)63(86)75(24)53(40(12)13)65(88)76(54)25/h26,29,36-44,46-50,52-55H,27-28,30-35H2,1-25H3,(H,66,80)(H,67,79)(H,68,82)(H,69,81)/b29-26+/t41?,42-,43+,44-,46+,47+,48+,49+,50+,52+,53+,54+,55-/m1/s1. The summed E-state index contributed by atoms with van der Waals surface area (Å²) in [6.45, 7) is 30.6. The van der Waals surface area contributed by atoms with Gasteiger partial charge in [-0.2, -0.15) is 0 Å². The Hall–Kier alpha value is -6.62. The lowest BCUT2D eigenvalue weighted by Crippen LogP contribution is -2.64. The van der Waals surface area contributed by atoms with Gasteiger partial charge in [0.1, 0.15) is 66.5 Å². The van der Waals surface area contributed by atoms with Crippen LogP contribution < -0.4 is 21.3 Å². The highest BCUT2D eigenvalue weighted by Gasteiger charge is 2.47. The van der Waals surface area contributed by atoms with Crippen LogP contribution in [0, 0.1) is 41.4 Å². The predicted molar refractivity (Wildman–Crippen MR) is 343 cm³/mol. The summed E-state index contributed by atoms with van der Waals surface area (Å²) in [6.07, 6.45) is 3.80. The SMILES string of the molecule is C/C=C/C[C@@H](C)[C@@H](OC(C)=O)[C@H]1C(=O)N[C@@H](CC)C(=O)N(C)CC(=O)N(C)[C@@H](CC(C)CC)C(=O)N[C@@H](C(C)C)C(=O)N(C)[C@@H](CC(C)C)C(=O)N[C@@H](C)C(=O)N[C@H](C)C(=O)N(C)[C@@H](CC(C)C)C(=O)N(C)[C@@H](CC(C)C)C(=O)N(C)[C@@H](C(C)C)C(=O)N1C. The molecule has 1 unspecified atom stereocenters. The summed E-state index contributed by atoms with van der Waals surface area (Å²) >= 11 is 0. The molecule has 1 heterocycles. The lowest BCUT2D eigenvalue weighted by Gasteiger charge is -2.42. The van der Waals surface area contributed by atoms with Gasteiger partial charge in [0.15, 0.2) is 0 Å². The number of amides is 11. The molecule has 24 heteroatoms. The van der Waals surface area contributed by atoms with Gasteiger partial charge in [-0.05, 0) is 101 Å². The molecule has 0 aromatic heterocycles. The van der Waals surface area contributed by atoms with Gasteiger partial charge in [-0.3, -0.25) is 57.5 Å². The average molecular weight is 1260 g/mol. The third-order valence-corrected chi connectivity index (χ3v) is 17.0. The van der Waals surface area contributed by atoms with Gasteiger partial charge in [0.05, 0.1) is 6.54 Å². The number of nitrogens with one attached hydrogen (secondary N) is 4. The lowest BCUT2D eigenvalue weighted by atomic mass is 9.91. The molecule has 11 amide bonds. The van der Waals surface area contributed by atoms with Crippen LogP contribution in [0.4, 0.5) is 0 Å². The molecule has 0 spiro atoms. The third kappa shape index (κ3) is 23.0. The second-order valence-electron chi connectivity index (χ2n) is 26.8. The highest BCUT2D eigenvalue weighted by atomic mass is 16.5. The molecule has 4 N–H and O–H groups in total. The van der Waals surface area contributed by atoms with Crippen molar-refractivity contribution < 1.29 is 62.3 Å². The Balaban J connectivity index is 4.45. The smallest absolute Gasteiger partial charge is 0.303 e. The summed E-state index contributed by atoms with van der Waals surface area (Å²) < 4.78 is 5.94. The number of hydrogen-bond acceptors (Lipinski definition) is 13. The zero-order chi connectivity index (χ0) is 69.0. The minimum absolute atomic E-state index is 0.00213. The van der Waals surface area contributed by atoms with Crippen molar-refractivity contribution in [1.29, 1.82) is 0 Å². The van der Waals surface area contributed by atoms with E-state index >= 15 is 19.2 Å². The topological polar surface area (TPSA) is 285 Å². The van der Waals surface area contributed by atoms with Gasteiger partial charge in [0.2, 0.25) is 65.0 Å². The number of allylic oxidation sites excluding steroid dienone is 2. The first kappa shape index (κ1) is 80.4. The fourth-order valence-corrected chi connectivity index (χ4v) is 11.1. The Morgan fingerprint density at radius 1 is 0.506 bits per heavy atom. The van der Waals surface area contributed by atoms with Crippen molar-refractivity contribution in [2.45, 2.75) is 236 Å². The van der Waals surface area contributed by atoms with Gasteiger partial charge in [0, 0.05) is 56.3 Å². The third-order valence-electron chi connectivity index (χ3n) is 17.0. The van der Waals surface area contributed by atoms with Crippen molar-refractivity contribution in [2.24, 2.45) is 41.4 Å². The highest BCUT2D eigenvalue weighted by molar-refractivity contribution is 5.99. The summed E-state index contributed by atoms with van der Waals surface area (Å²) in [5, 5.41) is 11.1. The summed E-state index contributed by atoms with van der Waals surface area (Å²) in [5.74, 6) is -10.6. The van der Waals surface area contributed by atoms with E-state index in [1.165, 1.54) is 94.6 Å². The Morgan fingerprint density at radius 2 is 0.955 bits per heavy atom. The van der Waals surface area contributed by atoms with Crippen molar-refractivity contribution in [3.8, 4) is 0 Å². The molecule has 0 saturated carbocycles. The minimum Gasteiger partial charge on any atom is -0.459 e.